The maximum Gasteiger partial charge on any atom is 0.274 e. The van der Waals surface area contributed by atoms with Crippen LogP contribution >= 0.6 is 0 Å². The van der Waals surface area contributed by atoms with Crippen LogP contribution in [-0.4, -0.2) is 18.0 Å². The number of carbonyl (C=O) groups excluding carboxylic acids is 1. The van der Waals surface area contributed by atoms with E-state index in [0.29, 0.717) is 11.6 Å². The molecule has 1 heterocycles. The monoisotopic (exact) mass is 242 g/mol. The molecule has 0 spiro atoms. The Hall–Kier alpha value is -2.36. The average molecular weight is 242 g/mol. The van der Waals surface area contributed by atoms with Crippen LogP contribution in [-0.2, 0) is 0 Å². The molecule has 0 unspecified atom stereocenters. The van der Waals surface area contributed by atoms with E-state index in [1.54, 1.807) is 18.2 Å². The number of aryl methyl sites for hydroxylation is 1. The summed E-state index contributed by atoms with van der Waals surface area (Å²) in [6, 6.07) is 12.7. The molecular formula is C14H14N2O2. The predicted molar refractivity (Wildman–Crippen MR) is 69.9 cm³/mol. The van der Waals surface area contributed by atoms with Gasteiger partial charge in [-0.15, -0.1) is 0 Å². The van der Waals surface area contributed by atoms with E-state index in [-0.39, 0.29) is 5.91 Å². The summed E-state index contributed by atoms with van der Waals surface area (Å²) in [7, 11) is 1.52. The van der Waals surface area contributed by atoms with Crippen LogP contribution in [0.3, 0.4) is 0 Å². The first kappa shape index (κ1) is 12.1. The minimum absolute atomic E-state index is 0.250. The lowest BCUT2D eigenvalue weighted by Gasteiger charge is -2.06. The molecular weight excluding hydrogens is 228 g/mol. The highest BCUT2D eigenvalue weighted by atomic mass is 16.5. The summed E-state index contributed by atoms with van der Waals surface area (Å²) in [4.78, 5) is 16.0. The van der Waals surface area contributed by atoms with Gasteiger partial charge in [-0.2, -0.15) is 0 Å². The number of nitrogens with zero attached hydrogens (tertiary/aromatic N) is 1. The maximum absolute atomic E-state index is 12.0. The molecule has 4 nitrogen and oxygen atoms in total. The second-order valence-electron chi connectivity index (χ2n) is 3.89. The van der Waals surface area contributed by atoms with E-state index in [1.807, 2.05) is 31.2 Å². The Labute approximate surface area is 106 Å². The summed E-state index contributed by atoms with van der Waals surface area (Å²) in [6.07, 6.45) is 0. The Morgan fingerprint density at radius 3 is 2.72 bits per heavy atom. The molecule has 1 amide bonds. The largest absolute Gasteiger partial charge is 0.481 e. The molecule has 0 aliphatic carbocycles. The van der Waals surface area contributed by atoms with Gasteiger partial charge in [-0.1, -0.05) is 18.2 Å². The minimum atomic E-state index is -0.250. The highest BCUT2D eigenvalue weighted by Gasteiger charge is 2.08. The van der Waals surface area contributed by atoms with Gasteiger partial charge in [0.25, 0.3) is 5.91 Å². The molecule has 0 fully saturated rings. The van der Waals surface area contributed by atoms with Gasteiger partial charge in [0.05, 0.1) is 7.11 Å². The minimum Gasteiger partial charge on any atom is -0.481 e. The summed E-state index contributed by atoms with van der Waals surface area (Å²) < 4.78 is 4.98. The average Bonchev–Trinajstić information content (AvgIpc) is 2.39. The van der Waals surface area contributed by atoms with Crippen LogP contribution in [0, 0.1) is 6.92 Å². The molecule has 2 rings (SSSR count). The van der Waals surface area contributed by atoms with Crippen LogP contribution in [0.2, 0.25) is 0 Å². The summed E-state index contributed by atoms with van der Waals surface area (Å²) in [6.45, 7) is 1.97. The number of pyridine rings is 1. The zero-order valence-electron chi connectivity index (χ0n) is 10.3. The number of amides is 1. The molecule has 0 saturated heterocycles. The fourth-order valence-electron chi connectivity index (χ4n) is 1.57. The second kappa shape index (κ2) is 5.31. The zero-order valence-corrected chi connectivity index (χ0v) is 10.3. The number of ether oxygens (including phenoxy) is 1. The molecule has 2 aromatic rings. The third kappa shape index (κ3) is 2.85. The van der Waals surface area contributed by atoms with Crippen molar-refractivity contribution in [3.05, 3.63) is 53.7 Å². The van der Waals surface area contributed by atoms with Crippen molar-refractivity contribution in [1.82, 2.24) is 4.98 Å². The van der Waals surface area contributed by atoms with Crippen LogP contribution in [0.4, 0.5) is 5.69 Å². The van der Waals surface area contributed by atoms with E-state index in [0.717, 1.165) is 11.3 Å². The molecule has 0 aliphatic heterocycles. The van der Waals surface area contributed by atoms with Gasteiger partial charge in [0.1, 0.15) is 5.69 Å². The van der Waals surface area contributed by atoms with Gasteiger partial charge in [-0.3, -0.25) is 4.79 Å². The number of carbonyl (C=O) groups is 1. The highest BCUT2D eigenvalue weighted by molar-refractivity contribution is 6.02. The first-order valence-electron chi connectivity index (χ1n) is 5.58. The van der Waals surface area contributed by atoms with Crippen molar-refractivity contribution in [2.45, 2.75) is 6.92 Å². The summed E-state index contributed by atoms with van der Waals surface area (Å²) in [5.74, 6) is 0.173. The van der Waals surface area contributed by atoms with Gasteiger partial charge in [-0.25, -0.2) is 4.98 Å². The molecule has 1 aromatic heterocycles. The van der Waals surface area contributed by atoms with Crippen molar-refractivity contribution >= 4 is 11.6 Å². The molecule has 0 aliphatic rings. The number of nitrogens with one attached hydrogen (secondary N) is 1. The Balaban J connectivity index is 2.16. The number of rotatable bonds is 3. The van der Waals surface area contributed by atoms with Crippen LogP contribution in [0.1, 0.15) is 16.1 Å². The smallest absolute Gasteiger partial charge is 0.274 e. The van der Waals surface area contributed by atoms with E-state index in [1.165, 1.54) is 7.11 Å². The number of anilines is 1. The van der Waals surface area contributed by atoms with Crippen molar-refractivity contribution in [1.29, 1.82) is 0 Å². The molecule has 0 atom stereocenters. The van der Waals surface area contributed by atoms with Crippen molar-refractivity contribution in [2.24, 2.45) is 0 Å². The van der Waals surface area contributed by atoms with Gasteiger partial charge in [0.2, 0.25) is 5.88 Å². The Morgan fingerprint density at radius 1 is 1.22 bits per heavy atom. The lowest BCUT2D eigenvalue weighted by Crippen LogP contribution is -2.13. The Morgan fingerprint density at radius 2 is 2.00 bits per heavy atom. The first-order chi connectivity index (χ1) is 8.69. The van der Waals surface area contributed by atoms with Crippen LogP contribution in [0.25, 0.3) is 0 Å². The SMILES string of the molecule is COc1cccc(C(=O)Nc2cccc(C)c2)n1. The number of aromatic nitrogens is 1. The molecule has 0 radical (unpaired) electrons. The van der Waals surface area contributed by atoms with Crippen molar-refractivity contribution < 1.29 is 9.53 Å². The quantitative estimate of drug-likeness (QED) is 0.900. The van der Waals surface area contributed by atoms with Gasteiger partial charge < -0.3 is 10.1 Å². The Kier molecular flexibility index (Phi) is 3.57. The van der Waals surface area contributed by atoms with Gasteiger partial charge in [0.15, 0.2) is 0 Å². The third-order valence-corrected chi connectivity index (χ3v) is 2.44. The molecule has 0 saturated carbocycles. The topological polar surface area (TPSA) is 51.2 Å². The van der Waals surface area contributed by atoms with Crippen molar-refractivity contribution in [2.75, 3.05) is 12.4 Å². The van der Waals surface area contributed by atoms with Gasteiger partial charge >= 0.3 is 0 Å². The normalized spacial score (nSPS) is 9.89. The highest BCUT2D eigenvalue weighted by Crippen LogP contribution is 2.12. The van der Waals surface area contributed by atoms with E-state index in [4.69, 9.17) is 4.74 Å². The number of benzene rings is 1. The molecule has 1 N–H and O–H groups in total. The van der Waals surface area contributed by atoms with Crippen LogP contribution in [0.15, 0.2) is 42.5 Å². The van der Waals surface area contributed by atoms with E-state index >= 15 is 0 Å². The molecule has 18 heavy (non-hydrogen) atoms. The Bertz CT molecular complexity index is 567. The summed E-state index contributed by atoms with van der Waals surface area (Å²) in [5, 5.41) is 2.79. The van der Waals surface area contributed by atoms with Gasteiger partial charge in [-0.05, 0) is 30.7 Å². The lowest BCUT2D eigenvalue weighted by atomic mass is 10.2. The van der Waals surface area contributed by atoms with E-state index < -0.39 is 0 Å². The maximum atomic E-state index is 12.0. The fraction of sp³-hybridized carbons (Fsp3) is 0.143. The summed E-state index contributed by atoms with van der Waals surface area (Å²) in [5.41, 5.74) is 2.17. The van der Waals surface area contributed by atoms with Crippen LogP contribution < -0.4 is 10.1 Å². The fourth-order valence-corrected chi connectivity index (χ4v) is 1.57. The standard InChI is InChI=1S/C14H14N2O2/c1-10-5-3-6-11(9-10)15-14(17)12-7-4-8-13(16-12)18-2/h3-9H,1-2H3,(H,15,17). The molecule has 1 aromatic carbocycles. The summed E-state index contributed by atoms with van der Waals surface area (Å²) >= 11 is 0. The molecule has 92 valence electrons. The predicted octanol–water partition coefficient (Wildman–Crippen LogP) is 2.65. The number of methoxy groups -OCH3 is 1. The number of hydrogen-bond donors (Lipinski definition) is 1. The first-order valence-corrected chi connectivity index (χ1v) is 5.58. The molecule has 4 heteroatoms. The molecule has 0 bridgehead atoms. The van der Waals surface area contributed by atoms with E-state index in [2.05, 4.69) is 10.3 Å². The van der Waals surface area contributed by atoms with Crippen molar-refractivity contribution in [3.63, 3.8) is 0 Å². The second-order valence-corrected chi connectivity index (χ2v) is 3.89. The van der Waals surface area contributed by atoms with Crippen LogP contribution in [0.5, 0.6) is 5.88 Å². The lowest BCUT2D eigenvalue weighted by molar-refractivity contribution is 0.102. The van der Waals surface area contributed by atoms with Crippen molar-refractivity contribution in [3.8, 4) is 5.88 Å². The zero-order chi connectivity index (χ0) is 13.0. The third-order valence-electron chi connectivity index (χ3n) is 2.44. The van der Waals surface area contributed by atoms with Gasteiger partial charge in [0, 0.05) is 11.8 Å². The number of hydrogen-bond acceptors (Lipinski definition) is 3. The van der Waals surface area contributed by atoms with E-state index in [9.17, 15) is 4.79 Å².